The van der Waals surface area contributed by atoms with E-state index in [-0.39, 0.29) is 5.41 Å². The molecule has 1 aromatic heterocycles. The summed E-state index contributed by atoms with van der Waals surface area (Å²) < 4.78 is 2.39. The van der Waals surface area contributed by atoms with E-state index in [1.807, 2.05) is 0 Å². The minimum absolute atomic E-state index is 0.0895. The van der Waals surface area contributed by atoms with E-state index in [0.717, 1.165) is 18.5 Å². The third-order valence-corrected chi connectivity index (χ3v) is 3.56. The zero-order valence-corrected chi connectivity index (χ0v) is 13.1. The number of fused-ring (bicyclic) bond motifs is 1. The lowest BCUT2D eigenvalue weighted by Gasteiger charge is -2.19. The summed E-state index contributed by atoms with van der Waals surface area (Å²) in [5, 5.41) is 0. The van der Waals surface area contributed by atoms with Crippen molar-refractivity contribution in [1.82, 2.24) is 9.55 Å². The lowest BCUT2D eigenvalue weighted by atomic mass is 9.95. The number of aromatic nitrogens is 2. The van der Waals surface area contributed by atoms with Crippen LogP contribution in [0.5, 0.6) is 0 Å². The fraction of sp³-hybridized carbons (Fsp3) is 0.588. The molecule has 0 fully saturated rings. The quantitative estimate of drug-likeness (QED) is 0.768. The van der Waals surface area contributed by atoms with E-state index in [2.05, 4.69) is 64.3 Å². The summed E-state index contributed by atoms with van der Waals surface area (Å²) in [5.41, 5.74) is 3.88. The van der Waals surface area contributed by atoms with Gasteiger partial charge in [0.25, 0.3) is 0 Å². The molecule has 0 bridgehead atoms. The van der Waals surface area contributed by atoms with E-state index >= 15 is 0 Å². The van der Waals surface area contributed by atoms with Crippen molar-refractivity contribution in [2.24, 2.45) is 0 Å². The van der Waals surface area contributed by atoms with Gasteiger partial charge in [0.2, 0.25) is 0 Å². The third-order valence-electron chi connectivity index (χ3n) is 3.56. The largest absolute Gasteiger partial charge is 0.328 e. The molecule has 0 aliphatic rings. The lowest BCUT2D eigenvalue weighted by molar-refractivity contribution is 0.501. The van der Waals surface area contributed by atoms with E-state index in [0.29, 0.717) is 5.92 Å². The fourth-order valence-corrected chi connectivity index (χ4v) is 2.53. The monoisotopic (exact) mass is 258 g/mol. The Labute approximate surface area is 116 Å². The van der Waals surface area contributed by atoms with Crippen molar-refractivity contribution in [2.75, 3.05) is 0 Å². The third kappa shape index (κ3) is 2.68. The molecule has 2 heteroatoms. The topological polar surface area (TPSA) is 17.8 Å². The van der Waals surface area contributed by atoms with Crippen molar-refractivity contribution in [2.45, 2.75) is 65.8 Å². The Bertz CT molecular complexity index is 571. The predicted octanol–water partition coefficient (Wildman–Crippen LogP) is 4.87. The van der Waals surface area contributed by atoms with Crippen LogP contribution in [0.25, 0.3) is 11.0 Å². The number of imidazole rings is 1. The molecule has 2 aromatic rings. The highest BCUT2D eigenvalue weighted by molar-refractivity contribution is 5.77. The van der Waals surface area contributed by atoms with E-state index in [4.69, 9.17) is 4.98 Å². The van der Waals surface area contributed by atoms with Gasteiger partial charge < -0.3 is 4.57 Å². The highest BCUT2D eigenvalue weighted by Crippen LogP contribution is 2.28. The van der Waals surface area contributed by atoms with Crippen molar-refractivity contribution >= 4 is 11.0 Å². The minimum atomic E-state index is 0.0895. The van der Waals surface area contributed by atoms with Crippen molar-refractivity contribution in [3.63, 3.8) is 0 Å². The van der Waals surface area contributed by atoms with Crippen LogP contribution in [0, 0.1) is 0 Å². The van der Waals surface area contributed by atoms with Crippen LogP contribution in [0.4, 0.5) is 0 Å². The van der Waals surface area contributed by atoms with Crippen molar-refractivity contribution in [1.29, 1.82) is 0 Å². The highest BCUT2D eigenvalue weighted by Gasteiger charge is 2.22. The van der Waals surface area contributed by atoms with Crippen LogP contribution < -0.4 is 0 Å². The number of benzene rings is 1. The van der Waals surface area contributed by atoms with Gasteiger partial charge in [0.05, 0.1) is 11.0 Å². The SMILES string of the molecule is CCCn1c(C(C)(C)C)nc2cc(C(C)C)ccc21. The van der Waals surface area contributed by atoms with Crippen molar-refractivity contribution in [3.05, 3.63) is 29.6 Å². The lowest BCUT2D eigenvalue weighted by Crippen LogP contribution is -2.19. The summed E-state index contributed by atoms with van der Waals surface area (Å²) in [5.74, 6) is 1.75. The molecule has 2 nitrogen and oxygen atoms in total. The van der Waals surface area contributed by atoms with Crippen molar-refractivity contribution in [3.8, 4) is 0 Å². The number of aryl methyl sites for hydroxylation is 1. The first kappa shape index (κ1) is 14.1. The second-order valence-corrected chi connectivity index (χ2v) is 6.74. The molecule has 0 radical (unpaired) electrons. The van der Waals surface area contributed by atoms with Gasteiger partial charge in [-0.15, -0.1) is 0 Å². The van der Waals surface area contributed by atoms with Crippen LogP contribution in [-0.4, -0.2) is 9.55 Å². The van der Waals surface area contributed by atoms with Gasteiger partial charge in [-0.3, -0.25) is 0 Å². The Kier molecular flexibility index (Phi) is 3.71. The molecular formula is C17H26N2. The van der Waals surface area contributed by atoms with Crippen LogP contribution in [0.3, 0.4) is 0 Å². The Hall–Kier alpha value is -1.31. The summed E-state index contributed by atoms with van der Waals surface area (Å²) in [7, 11) is 0. The van der Waals surface area contributed by atoms with Gasteiger partial charge in [0.1, 0.15) is 5.82 Å². The molecule has 0 aliphatic heterocycles. The summed E-state index contributed by atoms with van der Waals surface area (Å²) >= 11 is 0. The Balaban J connectivity index is 2.65. The standard InChI is InChI=1S/C17H26N2/c1-7-10-19-15-9-8-13(12(2)3)11-14(15)18-16(19)17(4,5)6/h8-9,11-12H,7,10H2,1-6H3. The molecule has 0 saturated carbocycles. The maximum atomic E-state index is 4.91. The zero-order valence-electron chi connectivity index (χ0n) is 13.1. The molecule has 0 aliphatic carbocycles. The van der Waals surface area contributed by atoms with Crippen LogP contribution in [0.2, 0.25) is 0 Å². The normalized spacial score (nSPS) is 12.6. The van der Waals surface area contributed by atoms with E-state index in [9.17, 15) is 0 Å². The molecule has 0 N–H and O–H groups in total. The predicted molar refractivity (Wildman–Crippen MR) is 82.8 cm³/mol. The van der Waals surface area contributed by atoms with Crippen LogP contribution in [0.1, 0.15) is 65.3 Å². The van der Waals surface area contributed by atoms with Crippen LogP contribution in [0.15, 0.2) is 18.2 Å². The minimum Gasteiger partial charge on any atom is -0.328 e. The molecular weight excluding hydrogens is 232 g/mol. The molecule has 19 heavy (non-hydrogen) atoms. The Morgan fingerprint density at radius 1 is 1.21 bits per heavy atom. The Morgan fingerprint density at radius 3 is 2.42 bits per heavy atom. The molecule has 104 valence electrons. The Morgan fingerprint density at radius 2 is 1.89 bits per heavy atom. The second kappa shape index (κ2) is 4.99. The number of hydrogen-bond donors (Lipinski definition) is 0. The van der Waals surface area contributed by atoms with Crippen LogP contribution >= 0.6 is 0 Å². The average molecular weight is 258 g/mol. The molecule has 0 spiro atoms. The van der Waals surface area contributed by atoms with E-state index in [1.54, 1.807) is 0 Å². The van der Waals surface area contributed by atoms with E-state index in [1.165, 1.54) is 16.9 Å². The highest BCUT2D eigenvalue weighted by atomic mass is 15.1. The summed E-state index contributed by atoms with van der Waals surface area (Å²) in [6, 6.07) is 6.73. The zero-order chi connectivity index (χ0) is 14.2. The summed E-state index contributed by atoms with van der Waals surface area (Å²) in [6.07, 6.45) is 1.14. The smallest absolute Gasteiger partial charge is 0.115 e. The molecule has 0 atom stereocenters. The molecule has 2 rings (SSSR count). The molecule has 1 aromatic carbocycles. The maximum Gasteiger partial charge on any atom is 0.115 e. The summed E-state index contributed by atoms with van der Waals surface area (Å²) in [4.78, 5) is 4.91. The first-order chi connectivity index (χ1) is 8.84. The number of nitrogens with zero attached hydrogens (tertiary/aromatic N) is 2. The average Bonchev–Trinajstić information content (AvgIpc) is 2.67. The maximum absolute atomic E-state index is 4.91. The molecule has 1 heterocycles. The second-order valence-electron chi connectivity index (χ2n) is 6.74. The van der Waals surface area contributed by atoms with Gasteiger partial charge >= 0.3 is 0 Å². The number of hydrogen-bond acceptors (Lipinski definition) is 1. The first-order valence-electron chi connectivity index (χ1n) is 7.35. The van der Waals surface area contributed by atoms with Gasteiger partial charge in [-0.1, -0.05) is 47.6 Å². The van der Waals surface area contributed by atoms with E-state index < -0.39 is 0 Å². The van der Waals surface area contributed by atoms with Gasteiger partial charge in [0.15, 0.2) is 0 Å². The van der Waals surface area contributed by atoms with Gasteiger partial charge in [-0.2, -0.15) is 0 Å². The summed E-state index contributed by atoms with van der Waals surface area (Å²) in [6.45, 7) is 14.5. The number of rotatable bonds is 3. The fourth-order valence-electron chi connectivity index (χ4n) is 2.53. The molecule has 0 saturated heterocycles. The van der Waals surface area contributed by atoms with Crippen molar-refractivity contribution < 1.29 is 0 Å². The van der Waals surface area contributed by atoms with Gasteiger partial charge in [-0.25, -0.2) is 4.98 Å². The molecule has 0 amide bonds. The molecule has 0 unspecified atom stereocenters. The first-order valence-corrected chi connectivity index (χ1v) is 7.35. The van der Waals surface area contributed by atoms with Gasteiger partial charge in [-0.05, 0) is 30.0 Å². The van der Waals surface area contributed by atoms with Crippen LogP contribution in [-0.2, 0) is 12.0 Å². The van der Waals surface area contributed by atoms with Gasteiger partial charge in [0, 0.05) is 12.0 Å².